The molecule has 1 aromatic carbocycles. The van der Waals surface area contributed by atoms with Gasteiger partial charge in [0.1, 0.15) is 0 Å². The molecule has 0 atom stereocenters. The molecule has 0 aliphatic carbocycles. The van der Waals surface area contributed by atoms with Crippen LogP contribution < -0.4 is 4.90 Å². The molecular formula is C18H27N3O3S. The Kier molecular flexibility index (Phi) is 5.18. The Labute approximate surface area is 150 Å². The van der Waals surface area contributed by atoms with Crippen LogP contribution >= 0.6 is 0 Å². The molecule has 0 N–H and O–H groups in total. The van der Waals surface area contributed by atoms with E-state index in [2.05, 4.69) is 11.9 Å². The van der Waals surface area contributed by atoms with Gasteiger partial charge in [-0.15, -0.1) is 0 Å². The number of rotatable bonds is 4. The number of anilines is 1. The molecule has 0 saturated carbocycles. The Balaban J connectivity index is 1.78. The number of hydrogen-bond donors (Lipinski definition) is 0. The average molecular weight is 365 g/mol. The molecule has 2 aliphatic rings. The van der Waals surface area contributed by atoms with Crippen molar-refractivity contribution in [1.82, 2.24) is 9.21 Å². The predicted molar refractivity (Wildman–Crippen MR) is 98.2 cm³/mol. The third-order valence-corrected chi connectivity index (χ3v) is 7.21. The SMILES string of the molecule is CC(=O)N1CCc2ccc(S(=O)(=O)N(C)CC3CCN(C)CC3)cc21. The molecule has 0 spiro atoms. The van der Waals surface area contributed by atoms with Crippen molar-refractivity contribution in [3.63, 3.8) is 0 Å². The highest BCUT2D eigenvalue weighted by atomic mass is 32.2. The lowest BCUT2D eigenvalue weighted by atomic mass is 9.97. The van der Waals surface area contributed by atoms with Crippen LogP contribution in [0.1, 0.15) is 25.3 Å². The first-order valence-corrected chi connectivity index (χ1v) is 10.3. The maximum Gasteiger partial charge on any atom is 0.242 e. The highest BCUT2D eigenvalue weighted by Gasteiger charge is 2.29. The first-order valence-electron chi connectivity index (χ1n) is 8.85. The van der Waals surface area contributed by atoms with Gasteiger partial charge in [-0.05, 0) is 63.0 Å². The molecule has 25 heavy (non-hydrogen) atoms. The van der Waals surface area contributed by atoms with Crippen molar-refractivity contribution in [3.05, 3.63) is 23.8 Å². The summed E-state index contributed by atoms with van der Waals surface area (Å²) in [5, 5.41) is 0. The first kappa shape index (κ1) is 18.4. The normalized spacial score (nSPS) is 19.4. The monoisotopic (exact) mass is 365 g/mol. The van der Waals surface area contributed by atoms with Crippen molar-refractivity contribution in [3.8, 4) is 0 Å². The highest BCUT2D eigenvalue weighted by Crippen LogP contribution is 2.31. The van der Waals surface area contributed by atoms with Crippen LogP contribution in [-0.4, -0.2) is 63.8 Å². The largest absolute Gasteiger partial charge is 0.312 e. The molecule has 0 radical (unpaired) electrons. The lowest BCUT2D eigenvalue weighted by Crippen LogP contribution is -2.38. The van der Waals surface area contributed by atoms with Crippen LogP contribution in [0.4, 0.5) is 5.69 Å². The molecule has 2 heterocycles. The minimum Gasteiger partial charge on any atom is -0.312 e. The summed E-state index contributed by atoms with van der Waals surface area (Å²) in [5.74, 6) is 0.354. The summed E-state index contributed by atoms with van der Waals surface area (Å²) in [4.78, 5) is 16.0. The fourth-order valence-corrected chi connectivity index (χ4v) is 5.00. The molecule has 1 fully saturated rings. The zero-order chi connectivity index (χ0) is 18.2. The van der Waals surface area contributed by atoms with Crippen molar-refractivity contribution >= 4 is 21.6 Å². The number of piperidine rings is 1. The lowest BCUT2D eigenvalue weighted by Gasteiger charge is -2.31. The summed E-state index contributed by atoms with van der Waals surface area (Å²) in [6.45, 7) is 4.72. The minimum atomic E-state index is -3.54. The van der Waals surface area contributed by atoms with Gasteiger partial charge in [0.25, 0.3) is 0 Å². The van der Waals surface area contributed by atoms with Gasteiger partial charge in [-0.1, -0.05) is 6.07 Å². The highest BCUT2D eigenvalue weighted by molar-refractivity contribution is 7.89. The van der Waals surface area contributed by atoms with Crippen LogP contribution in [0.15, 0.2) is 23.1 Å². The van der Waals surface area contributed by atoms with Gasteiger partial charge in [-0.2, -0.15) is 0 Å². The van der Waals surface area contributed by atoms with E-state index in [4.69, 9.17) is 0 Å². The Morgan fingerprint density at radius 1 is 1.24 bits per heavy atom. The average Bonchev–Trinajstić information content (AvgIpc) is 3.00. The van der Waals surface area contributed by atoms with Gasteiger partial charge in [-0.3, -0.25) is 4.79 Å². The van der Waals surface area contributed by atoms with E-state index in [-0.39, 0.29) is 10.8 Å². The van der Waals surface area contributed by atoms with Crippen LogP contribution in [-0.2, 0) is 21.2 Å². The molecule has 1 saturated heterocycles. The van der Waals surface area contributed by atoms with Gasteiger partial charge >= 0.3 is 0 Å². The molecular weight excluding hydrogens is 338 g/mol. The number of carbonyl (C=O) groups excluding carboxylic acids is 1. The van der Waals surface area contributed by atoms with E-state index in [0.717, 1.165) is 43.6 Å². The second-order valence-electron chi connectivity index (χ2n) is 7.24. The van der Waals surface area contributed by atoms with E-state index in [1.54, 1.807) is 24.1 Å². The minimum absolute atomic E-state index is 0.0482. The molecule has 1 amide bonds. The van der Waals surface area contributed by atoms with Crippen molar-refractivity contribution in [2.24, 2.45) is 5.92 Å². The number of sulfonamides is 1. The molecule has 7 heteroatoms. The van der Waals surface area contributed by atoms with Gasteiger partial charge in [0.05, 0.1) is 4.90 Å². The number of amides is 1. The topological polar surface area (TPSA) is 60.9 Å². The van der Waals surface area contributed by atoms with Crippen molar-refractivity contribution in [2.75, 3.05) is 45.2 Å². The maximum absolute atomic E-state index is 13.0. The number of benzene rings is 1. The number of carbonyl (C=O) groups is 1. The van der Waals surface area contributed by atoms with Crippen LogP contribution in [0, 0.1) is 5.92 Å². The number of hydrogen-bond acceptors (Lipinski definition) is 4. The van der Waals surface area contributed by atoms with E-state index < -0.39 is 10.0 Å². The Bertz CT molecular complexity index is 755. The number of nitrogens with zero attached hydrogens (tertiary/aromatic N) is 3. The first-order chi connectivity index (χ1) is 11.8. The molecule has 3 rings (SSSR count). The zero-order valence-electron chi connectivity index (χ0n) is 15.2. The molecule has 2 aliphatic heterocycles. The second kappa shape index (κ2) is 7.05. The van der Waals surface area contributed by atoms with Crippen molar-refractivity contribution in [2.45, 2.75) is 31.1 Å². The van der Waals surface area contributed by atoms with E-state index in [1.807, 2.05) is 6.07 Å². The summed E-state index contributed by atoms with van der Waals surface area (Å²) in [7, 11) is 0.215. The summed E-state index contributed by atoms with van der Waals surface area (Å²) in [5.41, 5.74) is 1.77. The van der Waals surface area contributed by atoms with E-state index in [9.17, 15) is 13.2 Å². The summed E-state index contributed by atoms with van der Waals surface area (Å²) >= 11 is 0. The van der Waals surface area contributed by atoms with Crippen LogP contribution in [0.25, 0.3) is 0 Å². The quantitative estimate of drug-likeness (QED) is 0.812. The van der Waals surface area contributed by atoms with Gasteiger partial charge in [-0.25, -0.2) is 12.7 Å². The van der Waals surface area contributed by atoms with Gasteiger partial charge in [0.15, 0.2) is 0 Å². The van der Waals surface area contributed by atoms with Gasteiger partial charge in [0, 0.05) is 32.7 Å². The molecule has 0 aromatic heterocycles. The summed E-state index contributed by atoms with van der Waals surface area (Å²) < 4.78 is 27.4. The summed E-state index contributed by atoms with van der Waals surface area (Å²) in [6.07, 6.45) is 2.83. The van der Waals surface area contributed by atoms with Crippen molar-refractivity contribution in [1.29, 1.82) is 0 Å². The van der Waals surface area contributed by atoms with E-state index in [1.165, 1.54) is 11.2 Å². The molecule has 0 bridgehead atoms. The van der Waals surface area contributed by atoms with Gasteiger partial charge in [0.2, 0.25) is 15.9 Å². The summed E-state index contributed by atoms with van der Waals surface area (Å²) in [6, 6.07) is 5.17. The molecule has 6 nitrogen and oxygen atoms in total. The number of fused-ring (bicyclic) bond motifs is 1. The smallest absolute Gasteiger partial charge is 0.242 e. The van der Waals surface area contributed by atoms with Crippen LogP contribution in [0.3, 0.4) is 0 Å². The second-order valence-corrected chi connectivity index (χ2v) is 9.29. The Morgan fingerprint density at radius 3 is 2.56 bits per heavy atom. The predicted octanol–water partition coefficient (Wildman–Crippen LogP) is 1.56. The Hall–Kier alpha value is -1.44. The maximum atomic E-state index is 13.0. The van der Waals surface area contributed by atoms with E-state index >= 15 is 0 Å². The van der Waals surface area contributed by atoms with Crippen LogP contribution in [0.2, 0.25) is 0 Å². The standard InChI is InChI=1S/C18H27N3O3S/c1-14(22)21-11-8-16-4-5-17(12-18(16)21)25(23,24)20(3)13-15-6-9-19(2)10-7-15/h4-5,12,15H,6-11,13H2,1-3H3. The fraction of sp³-hybridized carbons (Fsp3) is 0.611. The van der Waals surface area contributed by atoms with Crippen LogP contribution in [0.5, 0.6) is 0 Å². The third-order valence-electron chi connectivity index (χ3n) is 5.39. The molecule has 138 valence electrons. The van der Waals surface area contributed by atoms with E-state index in [0.29, 0.717) is 19.0 Å². The third kappa shape index (κ3) is 3.73. The number of likely N-dealkylation sites (tertiary alicyclic amines) is 1. The Morgan fingerprint density at radius 2 is 1.92 bits per heavy atom. The van der Waals surface area contributed by atoms with Crippen molar-refractivity contribution < 1.29 is 13.2 Å². The molecule has 0 unspecified atom stereocenters. The fourth-order valence-electron chi connectivity index (χ4n) is 3.73. The zero-order valence-corrected chi connectivity index (χ0v) is 16.1. The van der Waals surface area contributed by atoms with Gasteiger partial charge < -0.3 is 9.80 Å². The lowest BCUT2D eigenvalue weighted by molar-refractivity contribution is -0.116. The molecule has 1 aromatic rings.